The maximum absolute atomic E-state index is 3.40. The Morgan fingerprint density at radius 2 is 1.65 bits per heavy atom. The molecule has 0 aromatic heterocycles. The van der Waals surface area contributed by atoms with Crippen molar-refractivity contribution in [1.29, 1.82) is 0 Å². The fourth-order valence-corrected chi connectivity index (χ4v) is 2.63. The molecule has 1 heterocycles. The van der Waals surface area contributed by atoms with Gasteiger partial charge in [0.25, 0.3) is 0 Å². The second-order valence-electron chi connectivity index (χ2n) is 4.68. The first kappa shape index (κ1) is 10.6. The van der Waals surface area contributed by atoms with Crippen LogP contribution in [0, 0.1) is 6.92 Å². The van der Waals surface area contributed by atoms with Crippen LogP contribution in [0.5, 0.6) is 0 Å². The van der Waals surface area contributed by atoms with Crippen LogP contribution in [0.25, 0.3) is 10.8 Å². The highest BCUT2D eigenvalue weighted by molar-refractivity contribution is 5.96. The summed E-state index contributed by atoms with van der Waals surface area (Å²) in [7, 11) is 0. The number of nitrogens with zero attached hydrogens (tertiary/aromatic N) is 1. The third-order valence-corrected chi connectivity index (χ3v) is 3.57. The summed E-state index contributed by atoms with van der Waals surface area (Å²) in [6.45, 7) is 6.56. The van der Waals surface area contributed by atoms with E-state index in [1.54, 1.807) is 0 Å². The van der Waals surface area contributed by atoms with Crippen LogP contribution < -0.4 is 10.2 Å². The van der Waals surface area contributed by atoms with Gasteiger partial charge >= 0.3 is 0 Å². The average molecular weight is 226 g/mol. The number of aryl methyl sites for hydroxylation is 1. The molecule has 0 saturated carbocycles. The molecule has 17 heavy (non-hydrogen) atoms. The molecule has 0 atom stereocenters. The molecule has 0 radical (unpaired) electrons. The van der Waals surface area contributed by atoms with Gasteiger partial charge in [0.2, 0.25) is 0 Å². The predicted molar refractivity (Wildman–Crippen MR) is 73.8 cm³/mol. The molecule has 0 amide bonds. The quantitative estimate of drug-likeness (QED) is 0.804. The highest BCUT2D eigenvalue weighted by Crippen LogP contribution is 2.28. The van der Waals surface area contributed by atoms with Crippen LogP contribution in [-0.2, 0) is 0 Å². The largest absolute Gasteiger partial charge is 0.368 e. The van der Waals surface area contributed by atoms with Gasteiger partial charge < -0.3 is 10.2 Å². The van der Waals surface area contributed by atoms with Gasteiger partial charge in [-0.1, -0.05) is 30.3 Å². The number of nitrogens with one attached hydrogen (secondary N) is 1. The third kappa shape index (κ3) is 1.89. The average Bonchev–Trinajstić information content (AvgIpc) is 2.40. The fraction of sp³-hybridized carbons (Fsp3) is 0.333. The highest BCUT2D eigenvalue weighted by atomic mass is 15.2. The number of hydrogen-bond donors (Lipinski definition) is 1. The summed E-state index contributed by atoms with van der Waals surface area (Å²) in [5.74, 6) is 0. The van der Waals surface area contributed by atoms with Crippen molar-refractivity contribution in [2.75, 3.05) is 31.1 Å². The molecule has 0 aliphatic carbocycles. The zero-order chi connectivity index (χ0) is 11.7. The molecule has 2 aromatic carbocycles. The van der Waals surface area contributed by atoms with Crippen LogP contribution in [0.3, 0.4) is 0 Å². The van der Waals surface area contributed by atoms with Crippen LogP contribution in [0.2, 0.25) is 0 Å². The van der Waals surface area contributed by atoms with Crippen LogP contribution in [0.4, 0.5) is 5.69 Å². The molecule has 88 valence electrons. The van der Waals surface area contributed by atoms with Crippen LogP contribution >= 0.6 is 0 Å². The van der Waals surface area contributed by atoms with E-state index in [1.165, 1.54) is 22.0 Å². The van der Waals surface area contributed by atoms with Crippen molar-refractivity contribution in [2.24, 2.45) is 0 Å². The van der Waals surface area contributed by atoms with Gasteiger partial charge in [0, 0.05) is 37.3 Å². The van der Waals surface area contributed by atoms with Gasteiger partial charge in [0.05, 0.1) is 0 Å². The second kappa shape index (κ2) is 4.38. The predicted octanol–water partition coefficient (Wildman–Crippen LogP) is 2.56. The summed E-state index contributed by atoms with van der Waals surface area (Å²) >= 11 is 0. The minimum absolute atomic E-state index is 1.09. The topological polar surface area (TPSA) is 15.3 Å². The van der Waals surface area contributed by atoms with Crippen molar-refractivity contribution in [3.63, 3.8) is 0 Å². The van der Waals surface area contributed by atoms with Crippen molar-refractivity contribution in [1.82, 2.24) is 5.32 Å². The third-order valence-electron chi connectivity index (χ3n) is 3.57. The monoisotopic (exact) mass is 226 g/mol. The maximum Gasteiger partial charge on any atom is 0.0446 e. The minimum Gasteiger partial charge on any atom is -0.368 e. The van der Waals surface area contributed by atoms with Gasteiger partial charge in [0.15, 0.2) is 0 Å². The zero-order valence-electron chi connectivity index (χ0n) is 10.2. The van der Waals surface area contributed by atoms with E-state index in [2.05, 4.69) is 53.5 Å². The Labute approximate surface area is 102 Å². The van der Waals surface area contributed by atoms with Crippen molar-refractivity contribution in [2.45, 2.75) is 6.92 Å². The van der Waals surface area contributed by atoms with Gasteiger partial charge in [-0.25, -0.2) is 0 Å². The molecule has 0 unspecified atom stereocenters. The number of piperazine rings is 1. The molecule has 2 nitrogen and oxygen atoms in total. The van der Waals surface area contributed by atoms with Crippen molar-refractivity contribution >= 4 is 16.5 Å². The molecular formula is C15H18N2. The van der Waals surface area contributed by atoms with Crippen molar-refractivity contribution < 1.29 is 0 Å². The standard InChI is InChI=1S/C15H18N2/c1-12-4-2-6-14-13(12)5-3-7-15(14)17-10-8-16-9-11-17/h2-7,16H,8-11H2,1H3. The summed E-state index contributed by atoms with van der Waals surface area (Å²) in [5, 5.41) is 6.16. The first-order chi connectivity index (χ1) is 8.36. The zero-order valence-corrected chi connectivity index (χ0v) is 10.2. The fourth-order valence-electron chi connectivity index (χ4n) is 2.63. The maximum atomic E-state index is 3.40. The van der Waals surface area contributed by atoms with E-state index in [4.69, 9.17) is 0 Å². The van der Waals surface area contributed by atoms with Gasteiger partial charge in [-0.3, -0.25) is 0 Å². The summed E-state index contributed by atoms with van der Waals surface area (Å²) in [5.41, 5.74) is 2.74. The van der Waals surface area contributed by atoms with E-state index < -0.39 is 0 Å². The molecule has 0 bridgehead atoms. The number of benzene rings is 2. The number of hydrogen-bond acceptors (Lipinski definition) is 2. The lowest BCUT2D eigenvalue weighted by Crippen LogP contribution is -2.43. The summed E-state index contributed by atoms with van der Waals surface area (Å²) < 4.78 is 0. The van der Waals surface area contributed by atoms with E-state index in [0.29, 0.717) is 0 Å². The van der Waals surface area contributed by atoms with E-state index in [-0.39, 0.29) is 0 Å². The summed E-state index contributed by atoms with van der Waals surface area (Å²) in [6, 6.07) is 13.2. The normalized spacial score (nSPS) is 16.4. The molecule has 2 heteroatoms. The molecule has 1 aliphatic heterocycles. The Balaban J connectivity index is 2.12. The molecule has 1 N–H and O–H groups in total. The number of anilines is 1. The van der Waals surface area contributed by atoms with Gasteiger partial charge in [-0.15, -0.1) is 0 Å². The molecular weight excluding hydrogens is 208 g/mol. The van der Waals surface area contributed by atoms with Crippen molar-refractivity contribution in [3.05, 3.63) is 42.0 Å². The van der Waals surface area contributed by atoms with Gasteiger partial charge in [-0.05, 0) is 23.9 Å². The smallest absolute Gasteiger partial charge is 0.0446 e. The number of fused-ring (bicyclic) bond motifs is 1. The minimum atomic E-state index is 1.09. The lowest BCUT2D eigenvalue weighted by molar-refractivity contribution is 0.590. The highest BCUT2D eigenvalue weighted by Gasteiger charge is 2.12. The Bertz CT molecular complexity index is 527. The number of rotatable bonds is 1. The van der Waals surface area contributed by atoms with Gasteiger partial charge in [-0.2, -0.15) is 0 Å². The van der Waals surface area contributed by atoms with E-state index in [0.717, 1.165) is 26.2 Å². The van der Waals surface area contributed by atoms with E-state index in [9.17, 15) is 0 Å². The Hall–Kier alpha value is -1.54. The van der Waals surface area contributed by atoms with Gasteiger partial charge in [0.1, 0.15) is 0 Å². The Morgan fingerprint density at radius 3 is 2.47 bits per heavy atom. The first-order valence-corrected chi connectivity index (χ1v) is 6.30. The molecule has 0 spiro atoms. The van der Waals surface area contributed by atoms with E-state index in [1.807, 2.05) is 0 Å². The van der Waals surface area contributed by atoms with Crippen LogP contribution in [0.1, 0.15) is 5.56 Å². The second-order valence-corrected chi connectivity index (χ2v) is 4.68. The Kier molecular flexibility index (Phi) is 2.73. The van der Waals surface area contributed by atoms with Crippen molar-refractivity contribution in [3.8, 4) is 0 Å². The Morgan fingerprint density at radius 1 is 0.941 bits per heavy atom. The summed E-state index contributed by atoms with van der Waals surface area (Å²) in [6.07, 6.45) is 0. The summed E-state index contributed by atoms with van der Waals surface area (Å²) in [4.78, 5) is 2.48. The molecule has 1 fully saturated rings. The van der Waals surface area contributed by atoms with Crippen LogP contribution in [-0.4, -0.2) is 26.2 Å². The van der Waals surface area contributed by atoms with Crippen LogP contribution in [0.15, 0.2) is 36.4 Å². The lowest BCUT2D eigenvalue weighted by atomic mass is 10.0. The molecule has 1 saturated heterocycles. The molecule has 2 aromatic rings. The SMILES string of the molecule is Cc1cccc2c(N3CCNCC3)cccc12. The molecule has 1 aliphatic rings. The van der Waals surface area contributed by atoms with E-state index >= 15 is 0 Å². The first-order valence-electron chi connectivity index (χ1n) is 6.30. The molecule has 3 rings (SSSR count). The lowest BCUT2D eigenvalue weighted by Gasteiger charge is -2.30.